The molecular formula is C13H16N4S. The van der Waals surface area contributed by atoms with E-state index in [0.29, 0.717) is 6.42 Å². The summed E-state index contributed by atoms with van der Waals surface area (Å²) in [5.41, 5.74) is 5.09. The number of nitriles is 1. The number of hydrogen-bond acceptors (Lipinski definition) is 4. The molecule has 2 atom stereocenters. The van der Waals surface area contributed by atoms with Gasteiger partial charge in [-0.25, -0.2) is 4.98 Å². The average Bonchev–Trinajstić information content (AvgIpc) is 2.98. The fourth-order valence-corrected chi connectivity index (χ4v) is 2.75. The molecule has 0 aliphatic rings. The first kappa shape index (κ1) is 12.8. The van der Waals surface area contributed by atoms with Gasteiger partial charge in [0.2, 0.25) is 0 Å². The third-order valence-electron chi connectivity index (χ3n) is 2.86. The highest BCUT2D eigenvalue weighted by Gasteiger charge is 2.23. The Kier molecular flexibility index (Phi) is 3.50. The van der Waals surface area contributed by atoms with Gasteiger partial charge in [0.1, 0.15) is 11.4 Å². The Morgan fingerprint density at radius 1 is 1.67 bits per heavy atom. The van der Waals surface area contributed by atoms with Gasteiger partial charge in [0.15, 0.2) is 0 Å². The van der Waals surface area contributed by atoms with Gasteiger partial charge in [0.05, 0.1) is 10.9 Å². The molecule has 0 bridgehead atoms. The Morgan fingerprint density at radius 2 is 2.44 bits per heavy atom. The third-order valence-corrected chi connectivity index (χ3v) is 3.73. The highest BCUT2D eigenvalue weighted by atomic mass is 32.1. The fraction of sp³-hybridized carbons (Fsp3) is 0.385. The van der Waals surface area contributed by atoms with Crippen LogP contribution in [0.4, 0.5) is 0 Å². The molecule has 94 valence electrons. The van der Waals surface area contributed by atoms with Gasteiger partial charge in [0, 0.05) is 18.4 Å². The molecule has 2 unspecified atom stereocenters. The molecule has 0 aromatic carbocycles. The number of aromatic nitrogens is 2. The van der Waals surface area contributed by atoms with Crippen LogP contribution in [0.3, 0.4) is 0 Å². The molecule has 4 nitrogen and oxygen atoms in total. The first-order chi connectivity index (χ1) is 8.53. The first-order valence-electron chi connectivity index (χ1n) is 5.80. The molecule has 2 aromatic rings. The summed E-state index contributed by atoms with van der Waals surface area (Å²) in [6.07, 6.45) is 4.32. The molecule has 0 radical (unpaired) electrons. The minimum atomic E-state index is -0.809. The molecule has 5 heteroatoms. The van der Waals surface area contributed by atoms with Crippen LogP contribution in [0, 0.1) is 11.3 Å². The largest absolute Gasteiger partial charge is 0.327 e. The van der Waals surface area contributed by atoms with Crippen molar-refractivity contribution >= 4 is 11.3 Å². The quantitative estimate of drug-likeness (QED) is 0.919. The summed E-state index contributed by atoms with van der Waals surface area (Å²) in [7, 11) is 0. The van der Waals surface area contributed by atoms with Gasteiger partial charge in [0.25, 0.3) is 0 Å². The SMILES string of the molecule is CC(CC(C)(N)C#N)n1ccnc1-c1cccs1. The fourth-order valence-electron chi connectivity index (χ4n) is 2.02. The lowest BCUT2D eigenvalue weighted by atomic mass is 9.96. The normalized spacial score (nSPS) is 15.9. The van der Waals surface area contributed by atoms with Gasteiger partial charge in [-0.05, 0) is 31.7 Å². The van der Waals surface area contributed by atoms with Crippen LogP contribution < -0.4 is 5.73 Å². The van der Waals surface area contributed by atoms with Crippen molar-refractivity contribution in [1.82, 2.24) is 9.55 Å². The molecule has 0 spiro atoms. The zero-order valence-corrected chi connectivity index (χ0v) is 11.3. The molecule has 18 heavy (non-hydrogen) atoms. The highest BCUT2D eigenvalue weighted by molar-refractivity contribution is 7.13. The lowest BCUT2D eigenvalue weighted by Gasteiger charge is -2.22. The lowest BCUT2D eigenvalue weighted by molar-refractivity contribution is 0.415. The first-order valence-corrected chi connectivity index (χ1v) is 6.68. The zero-order chi connectivity index (χ0) is 13.2. The van der Waals surface area contributed by atoms with Crippen molar-refractivity contribution < 1.29 is 0 Å². The summed E-state index contributed by atoms with van der Waals surface area (Å²) in [5, 5.41) is 11.0. The van der Waals surface area contributed by atoms with Gasteiger partial charge in [-0.15, -0.1) is 11.3 Å². The van der Waals surface area contributed by atoms with E-state index in [0.717, 1.165) is 10.7 Å². The molecule has 0 saturated carbocycles. The van der Waals surface area contributed by atoms with Gasteiger partial charge >= 0.3 is 0 Å². The van der Waals surface area contributed by atoms with E-state index in [-0.39, 0.29) is 6.04 Å². The number of rotatable bonds is 4. The molecule has 2 N–H and O–H groups in total. The third kappa shape index (κ3) is 2.61. The van der Waals surface area contributed by atoms with Crippen molar-refractivity contribution in [3.63, 3.8) is 0 Å². The van der Waals surface area contributed by atoms with Crippen molar-refractivity contribution in [1.29, 1.82) is 5.26 Å². The minimum Gasteiger partial charge on any atom is -0.327 e. The molecule has 0 fully saturated rings. The predicted molar refractivity (Wildman–Crippen MR) is 73.1 cm³/mol. The number of hydrogen-bond donors (Lipinski definition) is 1. The van der Waals surface area contributed by atoms with Crippen LogP contribution in [-0.2, 0) is 0 Å². The van der Waals surface area contributed by atoms with E-state index in [1.165, 1.54) is 0 Å². The second kappa shape index (κ2) is 4.92. The van der Waals surface area contributed by atoms with Gasteiger partial charge in [-0.2, -0.15) is 5.26 Å². The van der Waals surface area contributed by atoms with Crippen LogP contribution >= 0.6 is 11.3 Å². The van der Waals surface area contributed by atoms with E-state index < -0.39 is 5.54 Å². The standard InChI is InChI=1S/C13H16N4S/c1-10(8-13(2,15)9-14)17-6-5-16-12(17)11-4-3-7-18-11/h3-7,10H,8,15H2,1-2H3. The summed E-state index contributed by atoms with van der Waals surface area (Å²) in [6, 6.07) is 6.32. The van der Waals surface area contributed by atoms with Crippen LogP contribution in [0.15, 0.2) is 29.9 Å². The van der Waals surface area contributed by atoms with E-state index in [2.05, 4.69) is 22.5 Å². The molecule has 2 aromatic heterocycles. The maximum absolute atomic E-state index is 9.00. The Morgan fingerprint density at radius 3 is 3.06 bits per heavy atom. The number of nitrogens with zero attached hydrogens (tertiary/aromatic N) is 3. The van der Waals surface area contributed by atoms with Gasteiger partial charge in [-0.1, -0.05) is 6.07 Å². The van der Waals surface area contributed by atoms with Crippen molar-refractivity contribution in [3.05, 3.63) is 29.9 Å². The Balaban J connectivity index is 2.25. The lowest BCUT2D eigenvalue weighted by Crippen LogP contribution is -2.36. The highest BCUT2D eigenvalue weighted by Crippen LogP contribution is 2.28. The van der Waals surface area contributed by atoms with Crippen LogP contribution in [0.1, 0.15) is 26.3 Å². The average molecular weight is 260 g/mol. The number of thiophene rings is 1. The van der Waals surface area contributed by atoms with Gasteiger partial charge < -0.3 is 10.3 Å². The Bertz CT molecular complexity index is 548. The van der Waals surface area contributed by atoms with Crippen LogP contribution in [-0.4, -0.2) is 15.1 Å². The molecule has 2 rings (SSSR count). The summed E-state index contributed by atoms with van der Waals surface area (Å²) in [6.45, 7) is 3.81. The van der Waals surface area contributed by atoms with E-state index in [4.69, 9.17) is 11.0 Å². The summed E-state index contributed by atoms with van der Waals surface area (Å²) in [5.74, 6) is 0.936. The second-order valence-corrected chi connectivity index (χ2v) is 5.67. The molecule has 0 aliphatic heterocycles. The topological polar surface area (TPSA) is 67.6 Å². The summed E-state index contributed by atoms with van der Waals surface area (Å²) < 4.78 is 2.08. The maximum atomic E-state index is 9.00. The molecule has 0 amide bonds. The van der Waals surface area contributed by atoms with Crippen LogP contribution in [0.25, 0.3) is 10.7 Å². The molecule has 0 aliphatic carbocycles. The Labute approximate surface area is 111 Å². The minimum absolute atomic E-state index is 0.138. The van der Waals surface area contributed by atoms with E-state index >= 15 is 0 Å². The number of nitrogens with two attached hydrogens (primary N) is 1. The van der Waals surface area contributed by atoms with Crippen molar-refractivity contribution in [2.45, 2.75) is 31.8 Å². The van der Waals surface area contributed by atoms with Crippen molar-refractivity contribution in [2.24, 2.45) is 5.73 Å². The van der Waals surface area contributed by atoms with Crippen LogP contribution in [0.2, 0.25) is 0 Å². The molecule has 0 saturated heterocycles. The zero-order valence-electron chi connectivity index (χ0n) is 10.5. The van der Waals surface area contributed by atoms with Crippen molar-refractivity contribution in [3.8, 4) is 16.8 Å². The molecular weight excluding hydrogens is 244 g/mol. The van der Waals surface area contributed by atoms with Gasteiger partial charge in [-0.3, -0.25) is 0 Å². The Hall–Kier alpha value is -1.64. The van der Waals surface area contributed by atoms with E-state index in [1.54, 1.807) is 24.5 Å². The molecule has 2 heterocycles. The predicted octanol–water partition coefficient (Wildman–Crippen LogP) is 2.80. The van der Waals surface area contributed by atoms with E-state index in [1.807, 2.05) is 23.7 Å². The second-order valence-electron chi connectivity index (χ2n) is 4.72. The summed E-state index contributed by atoms with van der Waals surface area (Å²) >= 11 is 1.66. The smallest absolute Gasteiger partial charge is 0.150 e. The van der Waals surface area contributed by atoms with Crippen molar-refractivity contribution in [2.75, 3.05) is 0 Å². The van der Waals surface area contributed by atoms with Crippen LogP contribution in [0.5, 0.6) is 0 Å². The maximum Gasteiger partial charge on any atom is 0.150 e. The number of imidazole rings is 1. The monoisotopic (exact) mass is 260 g/mol. The summed E-state index contributed by atoms with van der Waals surface area (Å²) in [4.78, 5) is 5.51. The van der Waals surface area contributed by atoms with E-state index in [9.17, 15) is 0 Å².